The Morgan fingerprint density at radius 2 is 1.72 bits per heavy atom. The number of hydrogen-bond donors (Lipinski definition) is 1. The molecule has 1 amide bonds. The van der Waals surface area contributed by atoms with Crippen LogP contribution in [-0.2, 0) is 4.79 Å². The Labute approximate surface area is 218 Å². The van der Waals surface area contributed by atoms with E-state index < -0.39 is 0 Å². The molecule has 184 valence electrons. The predicted molar refractivity (Wildman–Crippen MR) is 142 cm³/mol. The van der Waals surface area contributed by atoms with Crippen molar-refractivity contribution < 1.29 is 14.3 Å². The molecule has 36 heavy (non-hydrogen) atoms. The molecule has 0 saturated carbocycles. The van der Waals surface area contributed by atoms with Gasteiger partial charge in [-0.3, -0.25) is 9.36 Å². The zero-order valence-corrected chi connectivity index (χ0v) is 21.3. The largest absolute Gasteiger partial charge is 0.497 e. The van der Waals surface area contributed by atoms with E-state index in [4.69, 9.17) is 21.1 Å². The van der Waals surface area contributed by atoms with Crippen LogP contribution in [0.5, 0.6) is 11.5 Å². The number of carbonyl (C=O) groups excluding carboxylic acids is 1. The van der Waals surface area contributed by atoms with Gasteiger partial charge >= 0.3 is 0 Å². The highest BCUT2D eigenvalue weighted by molar-refractivity contribution is 7.99. The lowest BCUT2D eigenvalue weighted by atomic mass is 10.2. The molecule has 10 heteroatoms. The SMILES string of the molecule is CCOc1ccc(/C=N\NC(=O)CSc2nnc(-c3ccc(OC)cc3)n2-c2ccc(Cl)cc2)cc1. The predicted octanol–water partition coefficient (Wildman–Crippen LogP) is 5.24. The Hall–Kier alpha value is -3.82. The first-order chi connectivity index (χ1) is 17.6. The molecule has 4 rings (SSSR count). The maximum absolute atomic E-state index is 12.4. The van der Waals surface area contributed by atoms with E-state index in [1.165, 1.54) is 11.8 Å². The standard InChI is InChI=1S/C26H24ClN5O3S/c1-3-35-23-12-4-18(5-13-23)16-28-29-24(33)17-36-26-31-30-25(19-6-14-22(34-2)15-7-19)32(26)21-10-8-20(27)9-11-21/h4-16H,3,17H2,1-2H3,(H,29,33)/b28-16-. The topological polar surface area (TPSA) is 90.6 Å². The molecule has 1 aromatic heterocycles. The quantitative estimate of drug-likeness (QED) is 0.174. The third-order valence-electron chi connectivity index (χ3n) is 4.99. The van der Waals surface area contributed by atoms with Gasteiger partial charge in [-0.2, -0.15) is 5.10 Å². The Morgan fingerprint density at radius 3 is 2.39 bits per heavy atom. The van der Waals surface area contributed by atoms with Gasteiger partial charge in [0.1, 0.15) is 11.5 Å². The summed E-state index contributed by atoms with van der Waals surface area (Å²) >= 11 is 7.35. The van der Waals surface area contributed by atoms with Gasteiger partial charge in [-0.15, -0.1) is 10.2 Å². The molecular formula is C26H24ClN5O3S. The lowest BCUT2D eigenvalue weighted by molar-refractivity contribution is -0.118. The van der Waals surface area contributed by atoms with Crippen LogP contribution in [0.4, 0.5) is 0 Å². The third kappa shape index (κ3) is 6.44. The van der Waals surface area contributed by atoms with Crippen molar-refractivity contribution in [1.82, 2.24) is 20.2 Å². The molecule has 1 heterocycles. The molecule has 0 fully saturated rings. The van der Waals surface area contributed by atoms with E-state index in [9.17, 15) is 4.79 Å². The number of thioether (sulfide) groups is 1. The summed E-state index contributed by atoms with van der Waals surface area (Å²) in [4.78, 5) is 12.4. The molecule has 0 saturated heterocycles. The second-order valence-electron chi connectivity index (χ2n) is 7.43. The van der Waals surface area contributed by atoms with Gasteiger partial charge in [0.05, 0.1) is 25.7 Å². The maximum atomic E-state index is 12.4. The van der Waals surface area contributed by atoms with E-state index in [1.807, 2.05) is 72.2 Å². The zero-order chi connectivity index (χ0) is 25.3. The first-order valence-corrected chi connectivity index (χ1v) is 12.5. The molecule has 0 spiro atoms. The van der Waals surface area contributed by atoms with Crippen LogP contribution in [-0.4, -0.2) is 46.4 Å². The maximum Gasteiger partial charge on any atom is 0.250 e. The summed E-state index contributed by atoms with van der Waals surface area (Å²) in [7, 11) is 1.62. The van der Waals surface area contributed by atoms with Crippen LogP contribution in [0.15, 0.2) is 83.1 Å². The normalized spacial score (nSPS) is 11.0. The average molecular weight is 522 g/mol. The van der Waals surface area contributed by atoms with Crippen molar-refractivity contribution in [2.24, 2.45) is 5.10 Å². The first kappa shape index (κ1) is 25.3. The van der Waals surface area contributed by atoms with Crippen LogP contribution in [0.3, 0.4) is 0 Å². The molecular weight excluding hydrogens is 498 g/mol. The van der Waals surface area contributed by atoms with Crippen molar-refractivity contribution >= 4 is 35.5 Å². The van der Waals surface area contributed by atoms with E-state index >= 15 is 0 Å². The van der Waals surface area contributed by atoms with E-state index in [0.29, 0.717) is 22.6 Å². The fourth-order valence-corrected chi connectivity index (χ4v) is 4.14. The number of hydrogen-bond acceptors (Lipinski definition) is 7. The number of hydrazone groups is 1. The summed E-state index contributed by atoms with van der Waals surface area (Å²) in [5.41, 5.74) is 5.08. The van der Waals surface area contributed by atoms with Crippen LogP contribution in [0.1, 0.15) is 12.5 Å². The minimum absolute atomic E-state index is 0.106. The number of rotatable bonds is 10. The molecule has 1 N–H and O–H groups in total. The highest BCUT2D eigenvalue weighted by Gasteiger charge is 2.17. The number of halogens is 1. The van der Waals surface area contributed by atoms with Gasteiger partial charge in [0.25, 0.3) is 5.91 Å². The van der Waals surface area contributed by atoms with Crippen molar-refractivity contribution in [1.29, 1.82) is 0 Å². The van der Waals surface area contributed by atoms with Gasteiger partial charge in [-0.25, -0.2) is 5.43 Å². The summed E-state index contributed by atoms with van der Waals surface area (Å²) in [5.74, 6) is 2.01. The number of benzene rings is 3. The van der Waals surface area contributed by atoms with Gasteiger partial charge in [0.15, 0.2) is 11.0 Å². The van der Waals surface area contributed by atoms with E-state index in [-0.39, 0.29) is 11.7 Å². The Kier molecular flexibility index (Phi) is 8.59. The molecule has 4 aromatic rings. The molecule has 0 aliphatic rings. The summed E-state index contributed by atoms with van der Waals surface area (Å²) in [5, 5.41) is 14.0. The highest BCUT2D eigenvalue weighted by Crippen LogP contribution is 2.29. The van der Waals surface area contributed by atoms with Gasteiger partial charge in [-0.05, 0) is 85.3 Å². The highest BCUT2D eigenvalue weighted by atomic mass is 35.5. The zero-order valence-electron chi connectivity index (χ0n) is 19.7. The number of nitrogens with one attached hydrogen (secondary N) is 1. The Morgan fingerprint density at radius 1 is 1.03 bits per heavy atom. The van der Waals surface area contributed by atoms with Crippen molar-refractivity contribution in [3.05, 3.63) is 83.4 Å². The summed E-state index contributed by atoms with van der Waals surface area (Å²) in [6.07, 6.45) is 1.58. The smallest absolute Gasteiger partial charge is 0.250 e. The molecule has 3 aromatic carbocycles. The van der Waals surface area contributed by atoms with Gasteiger partial charge in [0, 0.05) is 16.3 Å². The number of ether oxygens (including phenoxy) is 2. The molecule has 0 bridgehead atoms. The molecule has 0 atom stereocenters. The fourth-order valence-electron chi connectivity index (χ4n) is 3.27. The summed E-state index contributed by atoms with van der Waals surface area (Å²) < 4.78 is 12.6. The number of nitrogens with zero attached hydrogens (tertiary/aromatic N) is 4. The van der Waals surface area contributed by atoms with Crippen LogP contribution in [0.2, 0.25) is 5.02 Å². The van der Waals surface area contributed by atoms with E-state index in [0.717, 1.165) is 28.3 Å². The number of carbonyl (C=O) groups is 1. The Balaban J connectivity index is 1.46. The number of amides is 1. The number of aromatic nitrogens is 3. The molecule has 8 nitrogen and oxygen atoms in total. The van der Waals surface area contributed by atoms with Gasteiger partial charge in [0.2, 0.25) is 0 Å². The van der Waals surface area contributed by atoms with Crippen molar-refractivity contribution in [2.45, 2.75) is 12.1 Å². The molecule has 0 radical (unpaired) electrons. The summed E-state index contributed by atoms with van der Waals surface area (Å²) in [6.45, 7) is 2.54. The molecule has 0 aliphatic heterocycles. The second-order valence-corrected chi connectivity index (χ2v) is 8.81. The molecule has 0 aliphatic carbocycles. The van der Waals surface area contributed by atoms with Crippen molar-refractivity contribution in [2.75, 3.05) is 19.5 Å². The monoisotopic (exact) mass is 521 g/mol. The van der Waals surface area contributed by atoms with Crippen molar-refractivity contribution in [3.63, 3.8) is 0 Å². The third-order valence-corrected chi connectivity index (χ3v) is 6.17. The molecule has 0 unspecified atom stereocenters. The van der Waals surface area contributed by atoms with Crippen LogP contribution in [0.25, 0.3) is 17.1 Å². The van der Waals surface area contributed by atoms with Crippen LogP contribution < -0.4 is 14.9 Å². The summed E-state index contributed by atoms with van der Waals surface area (Å²) in [6, 6.07) is 22.3. The van der Waals surface area contributed by atoms with Crippen LogP contribution in [0, 0.1) is 0 Å². The fraction of sp³-hybridized carbons (Fsp3) is 0.154. The minimum atomic E-state index is -0.265. The minimum Gasteiger partial charge on any atom is -0.497 e. The van der Waals surface area contributed by atoms with Gasteiger partial charge in [-0.1, -0.05) is 23.4 Å². The van der Waals surface area contributed by atoms with Crippen molar-refractivity contribution in [3.8, 4) is 28.6 Å². The van der Waals surface area contributed by atoms with E-state index in [1.54, 1.807) is 25.5 Å². The lowest BCUT2D eigenvalue weighted by Crippen LogP contribution is -2.20. The Bertz CT molecular complexity index is 1320. The second kappa shape index (κ2) is 12.2. The lowest BCUT2D eigenvalue weighted by Gasteiger charge is -2.11. The average Bonchev–Trinajstić information content (AvgIpc) is 3.33. The van der Waals surface area contributed by atoms with Crippen LogP contribution >= 0.6 is 23.4 Å². The number of methoxy groups -OCH3 is 1. The van der Waals surface area contributed by atoms with Gasteiger partial charge < -0.3 is 9.47 Å². The van der Waals surface area contributed by atoms with E-state index in [2.05, 4.69) is 20.7 Å². The first-order valence-electron chi connectivity index (χ1n) is 11.1.